The largest absolute Gasteiger partial charge is 0.495 e. The molecule has 0 unspecified atom stereocenters. The lowest BCUT2D eigenvalue weighted by Gasteiger charge is -2.14. The Hall–Kier alpha value is -2.27. The number of rotatable bonds is 7. The van der Waals surface area contributed by atoms with Crippen molar-refractivity contribution in [3.63, 3.8) is 0 Å². The molecule has 0 atom stereocenters. The summed E-state index contributed by atoms with van der Waals surface area (Å²) in [5.41, 5.74) is 0.212. The Bertz CT molecular complexity index is 1300. The predicted molar refractivity (Wildman–Crippen MR) is 120 cm³/mol. The van der Waals surface area contributed by atoms with E-state index in [0.717, 1.165) is 4.88 Å². The van der Waals surface area contributed by atoms with Gasteiger partial charge in [0, 0.05) is 9.75 Å². The molecule has 0 aliphatic heterocycles. The third-order valence-corrected chi connectivity index (χ3v) is 8.41. The van der Waals surface area contributed by atoms with Crippen LogP contribution in [-0.4, -0.2) is 23.9 Å². The van der Waals surface area contributed by atoms with E-state index in [9.17, 15) is 16.8 Å². The van der Waals surface area contributed by atoms with E-state index in [1.807, 2.05) is 6.92 Å². The molecule has 7 nitrogen and oxygen atoms in total. The number of methoxy groups -OCH3 is 1. The van der Waals surface area contributed by atoms with E-state index in [4.69, 9.17) is 16.3 Å². The molecule has 2 N–H and O–H groups in total. The summed E-state index contributed by atoms with van der Waals surface area (Å²) in [7, 11) is -6.61. The molecule has 1 aromatic heterocycles. The maximum absolute atomic E-state index is 12.9. The lowest BCUT2D eigenvalue weighted by Crippen LogP contribution is -2.16. The standard InChI is InChI=1S/C19H19ClN2O5S3/c1-12-10-19(13(2)28-12)30(25,26)22-17-11-14(8-9-18(17)27-3)29(23,24)21-16-7-5-4-6-15(16)20/h4-11,21-22H,1-3H3. The number of para-hydroxylation sites is 1. The van der Waals surface area contributed by atoms with Gasteiger partial charge in [0.1, 0.15) is 10.6 Å². The molecular formula is C19H19ClN2O5S3. The molecule has 0 fully saturated rings. The minimum atomic E-state index is -4.03. The van der Waals surface area contributed by atoms with Gasteiger partial charge in [0.05, 0.1) is 28.4 Å². The number of aryl methyl sites for hydroxylation is 2. The van der Waals surface area contributed by atoms with Crippen molar-refractivity contribution < 1.29 is 21.6 Å². The van der Waals surface area contributed by atoms with Crippen LogP contribution >= 0.6 is 22.9 Å². The molecule has 0 aliphatic rings. The van der Waals surface area contributed by atoms with Crippen molar-refractivity contribution in [1.29, 1.82) is 0 Å². The van der Waals surface area contributed by atoms with E-state index in [0.29, 0.717) is 4.88 Å². The van der Waals surface area contributed by atoms with Gasteiger partial charge in [-0.05, 0) is 50.2 Å². The molecule has 3 rings (SSSR count). The molecule has 1 heterocycles. The van der Waals surface area contributed by atoms with Gasteiger partial charge in [-0.25, -0.2) is 16.8 Å². The fourth-order valence-corrected chi connectivity index (χ4v) is 6.72. The number of anilines is 2. The molecule has 0 spiro atoms. The van der Waals surface area contributed by atoms with Crippen molar-refractivity contribution >= 4 is 54.4 Å². The third-order valence-electron chi connectivity index (χ3n) is 4.13. The normalized spacial score (nSPS) is 11.9. The van der Waals surface area contributed by atoms with Crippen LogP contribution in [0, 0.1) is 13.8 Å². The average molecular weight is 487 g/mol. The molecular weight excluding hydrogens is 468 g/mol. The lowest BCUT2D eigenvalue weighted by molar-refractivity contribution is 0.416. The third kappa shape index (κ3) is 4.72. The summed E-state index contributed by atoms with van der Waals surface area (Å²) in [6.45, 7) is 3.52. The molecule has 30 heavy (non-hydrogen) atoms. The number of sulfonamides is 2. The van der Waals surface area contributed by atoms with Gasteiger partial charge in [0.25, 0.3) is 20.0 Å². The molecule has 0 aliphatic carbocycles. The number of hydrogen-bond acceptors (Lipinski definition) is 6. The second-order valence-corrected chi connectivity index (χ2v) is 11.5. The summed E-state index contributed by atoms with van der Waals surface area (Å²) in [5.74, 6) is 0.180. The minimum Gasteiger partial charge on any atom is -0.495 e. The van der Waals surface area contributed by atoms with Gasteiger partial charge >= 0.3 is 0 Å². The first-order chi connectivity index (χ1) is 14.0. The number of benzene rings is 2. The summed E-state index contributed by atoms with van der Waals surface area (Å²) >= 11 is 7.39. The maximum Gasteiger partial charge on any atom is 0.263 e. The fraction of sp³-hybridized carbons (Fsp3) is 0.158. The Balaban J connectivity index is 1.99. The van der Waals surface area contributed by atoms with E-state index >= 15 is 0 Å². The maximum atomic E-state index is 12.9. The summed E-state index contributed by atoms with van der Waals surface area (Å²) in [5, 5.41) is 0.235. The van der Waals surface area contributed by atoms with Crippen LogP contribution in [0.1, 0.15) is 9.75 Å². The Labute approximate surface area is 184 Å². The van der Waals surface area contributed by atoms with Crippen molar-refractivity contribution in [3.8, 4) is 5.75 Å². The van der Waals surface area contributed by atoms with Gasteiger partial charge < -0.3 is 4.74 Å². The van der Waals surface area contributed by atoms with Crippen LogP contribution in [0.15, 0.2) is 58.3 Å². The summed E-state index contributed by atoms with van der Waals surface area (Å²) in [6.07, 6.45) is 0. The summed E-state index contributed by atoms with van der Waals surface area (Å²) < 4.78 is 61.4. The van der Waals surface area contributed by atoms with E-state index in [1.54, 1.807) is 31.2 Å². The molecule has 0 amide bonds. The number of thiophene rings is 1. The highest BCUT2D eigenvalue weighted by molar-refractivity contribution is 7.93. The van der Waals surface area contributed by atoms with Gasteiger partial charge in [-0.15, -0.1) is 11.3 Å². The Morgan fingerprint density at radius 2 is 1.57 bits per heavy atom. The number of halogens is 1. The van der Waals surface area contributed by atoms with Crippen molar-refractivity contribution in [2.24, 2.45) is 0 Å². The first-order valence-electron chi connectivity index (χ1n) is 8.59. The SMILES string of the molecule is COc1ccc(S(=O)(=O)Nc2ccccc2Cl)cc1NS(=O)(=O)c1cc(C)sc1C. The minimum absolute atomic E-state index is 0.00258. The predicted octanol–water partition coefficient (Wildman–Crippen LogP) is 4.63. The van der Waals surface area contributed by atoms with Crippen molar-refractivity contribution in [3.05, 3.63) is 63.3 Å². The monoisotopic (exact) mass is 486 g/mol. The second-order valence-electron chi connectivity index (χ2n) is 6.33. The fourth-order valence-electron chi connectivity index (χ4n) is 2.76. The van der Waals surface area contributed by atoms with Gasteiger partial charge in [0.2, 0.25) is 0 Å². The first kappa shape index (κ1) is 22.4. The van der Waals surface area contributed by atoms with Crippen LogP contribution < -0.4 is 14.2 Å². The van der Waals surface area contributed by atoms with Crippen LogP contribution in [0.3, 0.4) is 0 Å². The van der Waals surface area contributed by atoms with Crippen molar-refractivity contribution in [2.75, 3.05) is 16.6 Å². The highest BCUT2D eigenvalue weighted by Crippen LogP contribution is 2.33. The average Bonchev–Trinajstić information content (AvgIpc) is 3.02. The topological polar surface area (TPSA) is 102 Å². The zero-order chi connectivity index (χ0) is 22.1. The Morgan fingerprint density at radius 3 is 2.17 bits per heavy atom. The lowest BCUT2D eigenvalue weighted by atomic mass is 10.3. The number of nitrogens with one attached hydrogen (secondary N) is 2. The number of hydrogen-bond donors (Lipinski definition) is 2. The zero-order valence-electron chi connectivity index (χ0n) is 16.3. The molecule has 0 saturated carbocycles. The zero-order valence-corrected chi connectivity index (χ0v) is 19.5. The molecule has 11 heteroatoms. The first-order valence-corrected chi connectivity index (χ1v) is 12.7. The van der Waals surface area contributed by atoms with Gasteiger partial charge in [-0.2, -0.15) is 0 Å². The Kier molecular flexibility index (Phi) is 6.32. The van der Waals surface area contributed by atoms with Gasteiger partial charge in [-0.3, -0.25) is 9.44 Å². The molecule has 2 aromatic carbocycles. The van der Waals surface area contributed by atoms with Crippen LogP contribution in [0.5, 0.6) is 5.75 Å². The van der Waals surface area contributed by atoms with Crippen molar-refractivity contribution in [1.82, 2.24) is 0 Å². The highest BCUT2D eigenvalue weighted by atomic mass is 35.5. The molecule has 3 aromatic rings. The van der Waals surface area contributed by atoms with Gasteiger partial charge in [-0.1, -0.05) is 23.7 Å². The molecule has 0 radical (unpaired) electrons. The molecule has 160 valence electrons. The van der Waals surface area contributed by atoms with Crippen LogP contribution in [0.25, 0.3) is 0 Å². The van der Waals surface area contributed by atoms with E-state index in [2.05, 4.69) is 9.44 Å². The van der Waals surface area contributed by atoms with E-state index in [-0.39, 0.29) is 31.9 Å². The van der Waals surface area contributed by atoms with E-state index < -0.39 is 20.0 Å². The van der Waals surface area contributed by atoms with Crippen LogP contribution in [-0.2, 0) is 20.0 Å². The number of ether oxygens (including phenoxy) is 1. The van der Waals surface area contributed by atoms with Crippen molar-refractivity contribution in [2.45, 2.75) is 23.6 Å². The smallest absolute Gasteiger partial charge is 0.263 e. The molecule has 0 saturated heterocycles. The van der Waals surface area contributed by atoms with E-state index in [1.165, 1.54) is 42.7 Å². The highest BCUT2D eigenvalue weighted by Gasteiger charge is 2.23. The Morgan fingerprint density at radius 1 is 0.900 bits per heavy atom. The quantitative estimate of drug-likeness (QED) is 0.507. The summed E-state index contributed by atoms with van der Waals surface area (Å²) in [4.78, 5) is 1.46. The van der Waals surface area contributed by atoms with Gasteiger partial charge in [0.15, 0.2) is 0 Å². The second kappa shape index (κ2) is 8.46. The van der Waals surface area contributed by atoms with Crippen LogP contribution in [0.4, 0.5) is 11.4 Å². The van der Waals surface area contributed by atoms with Crippen LogP contribution in [0.2, 0.25) is 5.02 Å². The molecule has 0 bridgehead atoms. The summed E-state index contributed by atoms with van der Waals surface area (Å²) in [6, 6.07) is 11.9.